The van der Waals surface area contributed by atoms with Crippen molar-refractivity contribution in [2.75, 3.05) is 20.2 Å². The van der Waals surface area contributed by atoms with Gasteiger partial charge in [-0.2, -0.15) is 0 Å². The lowest BCUT2D eigenvalue weighted by Crippen LogP contribution is -2.54. The molecule has 286 valence electrons. The largest absolute Gasteiger partial charge is 0.465 e. The highest BCUT2D eigenvalue weighted by Crippen LogP contribution is 2.36. The molecule has 4 atom stereocenters. The van der Waals surface area contributed by atoms with Crippen LogP contribution in [-0.4, -0.2) is 91.1 Å². The number of carboxylic acid groups (broad SMARTS) is 1. The third-order valence-electron chi connectivity index (χ3n) is 10.4. The maximum Gasteiger partial charge on any atom is 0.407 e. The van der Waals surface area contributed by atoms with E-state index in [1.807, 2.05) is 58.9 Å². The van der Waals surface area contributed by atoms with Gasteiger partial charge >= 0.3 is 12.2 Å². The minimum Gasteiger partial charge on any atom is -0.465 e. The van der Waals surface area contributed by atoms with Gasteiger partial charge in [0.15, 0.2) is 0 Å². The van der Waals surface area contributed by atoms with Crippen molar-refractivity contribution in [3.63, 3.8) is 0 Å². The smallest absolute Gasteiger partial charge is 0.407 e. The fraction of sp³-hybridized carbons (Fsp3) is 0.450. The van der Waals surface area contributed by atoms with Crippen LogP contribution in [0.2, 0.25) is 0 Å². The number of likely N-dealkylation sites (tertiary alicyclic amines) is 2. The first-order valence-electron chi connectivity index (χ1n) is 18.5. The molecular formula is C40H50N8O6. The number of aromatic amines is 2. The van der Waals surface area contributed by atoms with Crippen molar-refractivity contribution >= 4 is 24.0 Å². The summed E-state index contributed by atoms with van der Waals surface area (Å²) in [6.45, 7) is 10.5. The third-order valence-corrected chi connectivity index (χ3v) is 10.4. The van der Waals surface area contributed by atoms with E-state index in [0.29, 0.717) is 24.7 Å². The molecule has 0 radical (unpaired) electrons. The number of methoxy groups -OCH3 is 1. The molecule has 14 heteroatoms. The number of benzene rings is 2. The number of carbonyl (C=O) groups is 4. The molecule has 0 spiro atoms. The molecule has 2 saturated heterocycles. The summed E-state index contributed by atoms with van der Waals surface area (Å²) in [7, 11) is 1.29. The molecule has 0 unspecified atom stereocenters. The molecule has 0 bridgehead atoms. The molecule has 2 aliphatic rings. The summed E-state index contributed by atoms with van der Waals surface area (Å²) in [5.74, 6) is 0.826. The summed E-state index contributed by atoms with van der Waals surface area (Å²) >= 11 is 0. The molecule has 2 aliphatic heterocycles. The Bertz CT molecular complexity index is 1960. The van der Waals surface area contributed by atoms with Crippen molar-refractivity contribution < 1.29 is 29.0 Å². The van der Waals surface area contributed by atoms with Crippen LogP contribution in [0.3, 0.4) is 0 Å². The Morgan fingerprint density at radius 3 is 1.61 bits per heavy atom. The van der Waals surface area contributed by atoms with Crippen LogP contribution in [-0.2, 0) is 14.3 Å². The molecule has 2 aromatic carbocycles. The van der Waals surface area contributed by atoms with Gasteiger partial charge in [0.05, 0.1) is 43.0 Å². The Labute approximate surface area is 315 Å². The standard InChI is InChI=1S/C40H50N8O6/c1-23(2)32(45-38(51)52)36(49)47-19-7-9-30(47)34-41-21-28(43-34)26-15-11-24(12-16-26)25-13-17-27(18-14-25)29-22-42-35(44-29)31-10-8-20-48(31)37(50)33(40(3,4)5)46-39(53)54-6/h11-18,21-23,30-33,45H,7-10,19-20H2,1-6H3,(H,41,43)(H,42,44)(H,46,53)(H,51,52)/t30-,31-,32-,33+/m0/s1. The van der Waals surface area contributed by atoms with Gasteiger partial charge in [0, 0.05) is 13.1 Å². The van der Waals surface area contributed by atoms with Gasteiger partial charge in [-0.1, -0.05) is 83.1 Å². The summed E-state index contributed by atoms with van der Waals surface area (Å²) in [5.41, 5.74) is 5.18. The molecule has 2 aromatic heterocycles. The SMILES string of the molecule is COC(=O)N[C@H](C(=O)N1CCC[C@H]1c1ncc(-c2ccc(-c3ccc(-c4cnc([C@@H]5CCCN5C(=O)[C@@H](NC(=O)O)C(C)C)[nH]4)cc3)cc2)[nH]1)C(C)(C)C. The summed E-state index contributed by atoms with van der Waals surface area (Å²) in [5, 5.41) is 14.4. The predicted octanol–water partition coefficient (Wildman–Crippen LogP) is 6.52. The van der Waals surface area contributed by atoms with Gasteiger partial charge in [-0.05, 0) is 59.3 Å². The number of nitrogens with zero attached hydrogens (tertiary/aromatic N) is 4. The number of imidazole rings is 2. The number of alkyl carbamates (subject to hydrolysis) is 1. The maximum absolute atomic E-state index is 13.7. The van der Waals surface area contributed by atoms with E-state index < -0.39 is 29.7 Å². The first kappa shape index (κ1) is 38.1. The van der Waals surface area contributed by atoms with Gasteiger partial charge in [-0.15, -0.1) is 0 Å². The van der Waals surface area contributed by atoms with Gasteiger partial charge in [-0.25, -0.2) is 19.6 Å². The lowest BCUT2D eigenvalue weighted by Gasteiger charge is -2.35. The molecule has 14 nitrogen and oxygen atoms in total. The molecule has 4 amide bonds. The normalized spacial score (nSPS) is 18.4. The predicted molar refractivity (Wildman–Crippen MR) is 203 cm³/mol. The van der Waals surface area contributed by atoms with Crippen LogP contribution in [0.5, 0.6) is 0 Å². The number of nitrogens with one attached hydrogen (secondary N) is 4. The van der Waals surface area contributed by atoms with Crippen molar-refractivity contribution in [2.45, 2.75) is 84.5 Å². The summed E-state index contributed by atoms with van der Waals surface area (Å²) < 4.78 is 4.79. The highest BCUT2D eigenvalue weighted by atomic mass is 16.5. The first-order chi connectivity index (χ1) is 25.7. The van der Waals surface area contributed by atoms with Crippen LogP contribution in [0.15, 0.2) is 60.9 Å². The van der Waals surface area contributed by atoms with Crippen molar-refractivity contribution in [3.8, 4) is 33.6 Å². The fourth-order valence-electron chi connectivity index (χ4n) is 7.44. The number of aromatic nitrogens is 4. The quantitative estimate of drug-likeness (QED) is 0.122. The Kier molecular flexibility index (Phi) is 11.1. The number of carbonyl (C=O) groups excluding carboxylic acids is 3. The van der Waals surface area contributed by atoms with E-state index in [2.05, 4.69) is 54.8 Å². The third kappa shape index (κ3) is 8.12. The molecule has 6 rings (SSSR count). The minimum atomic E-state index is -1.21. The summed E-state index contributed by atoms with van der Waals surface area (Å²) in [6, 6.07) is 14.4. The van der Waals surface area contributed by atoms with E-state index in [0.717, 1.165) is 59.3 Å². The monoisotopic (exact) mass is 738 g/mol. The molecule has 5 N–H and O–H groups in total. The second-order valence-electron chi connectivity index (χ2n) is 15.5. The number of hydrogen-bond donors (Lipinski definition) is 5. The average molecular weight is 739 g/mol. The number of hydrogen-bond acceptors (Lipinski definition) is 7. The molecule has 54 heavy (non-hydrogen) atoms. The van der Waals surface area contributed by atoms with Gasteiger partial charge in [0.2, 0.25) is 11.8 Å². The van der Waals surface area contributed by atoms with Crippen LogP contribution in [0.1, 0.15) is 84.0 Å². The lowest BCUT2D eigenvalue weighted by atomic mass is 9.85. The van der Waals surface area contributed by atoms with Crippen LogP contribution >= 0.6 is 0 Å². The van der Waals surface area contributed by atoms with Crippen LogP contribution < -0.4 is 10.6 Å². The Morgan fingerprint density at radius 1 is 0.759 bits per heavy atom. The zero-order chi connectivity index (χ0) is 38.7. The zero-order valence-corrected chi connectivity index (χ0v) is 31.7. The van der Waals surface area contributed by atoms with E-state index >= 15 is 0 Å². The molecular weight excluding hydrogens is 688 g/mol. The Hall–Kier alpha value is -5.66. The molecule has 0 saturated carbocycles. The number of rotatable bonds is 10. The van der Waals surface area contributed by atoms with E-state index in [1.54, 1.807) is 22.2 Å². The van der Waals surface area contributed by atoms with E-state index in [4.69, 9.17) is 4.74 Å². The number of amides is 4. The Balaban J connectivity index is 1.11. The van der Waals surface area contributed by atoms with E-state index in [1.165, 1.54) is 7.11 Å². The summed E-state index contributed by atoms with van der Waals surface area (Å²) in [4.78, 5) is 70.2. The minimum absolute atomic E-state index is 0.156. The Morgan fingerprint density at radius 2 is 1.20 bits per heavy atom. The highest BCUT2D eigenvalue weighted by molar-refractivity contribution is 5.87. The van der Waals surface area contributed by atoms with Gasteiger partial charge in [0.25, 0.3) is 0 Å². The highest BCUT2D eigenvalue weighted by Gasteiger charge is 2.41. The maximum atomic E-state index is 13.7. The first-order valence-corrected chi connectivity index (χ1v) is 18.5. The number of H-pyrrole nitrogens is 2. The summed E-state index contributed by atoms with van der Waals surface area (Å²) in [6.07, 6.45) is 4.89. The second-order valence-corrected chi connectivity index (χ2v) is 15.5. The van der Waals surface area contributed by atoms with Gasteiger partial charge < -0.3 is 40.2 Å². The zero-order valence-electron chi connectivity index (χ0n) is 31.7. The molecule has 4 heterocycles. The molecule has 2 fully saturated rings. The van der Waals surface area contributed by atoms with Crippen LogP contribution in [0.4, 0.5) is 9.59 Å². The van der Waals surface area contributed by atoms with Gasteiger partial charge in [-0.3, -0.25) is 9.59 Å². The topological polar surface area (TPSA) is 186 Å². The fourth-order valence-corrected chi connectivity index (χ4v) is 7.44. The lowest BCUT2D eigenvalue weighted by molar-refractivity contribution is -0.137. The van der Waals surface area contributed by atoms with E-state index in [-0.39, 0.29) is 29.8 Å². The number of ether oxygens (including phenoxy) is 1. The van der Waals surface area contributed by atoms with Crippen LogP contribution in [0, 0.1) is 11.3 Å². The average Bonchev–Trinajstić information content (AvgIpc) is 3.98. The second kappa shape index (κ2) is 15.7. The van der Waals surface area contributed by atoms with Crippen molar-refractivity contribution in [1.29, 1.82) is 0 Å². The van der Waals surface area contributed by atoms with Crippen molar-refractivity contribution in [3.05, 3.63) is 72.6 Å². The molecule has 4 aromatic rings. The van der Waals surface area contributed by atoms with Crippen molar-refractivity contribution in [1.82, 2.24) is 40.4 Å². The van der Waals surface area contributed by atoms with Crippen LogP contribution in [0.25, 0.3) is 33.6 Å². The molecule has 0 aliphatic carbocycles. The van der Waals surface area contributed by atoms with E-state index in [9.17, 15) is 24.3 Å². The van der Waals surface area contributed by atoms with Gasteiger partial charge in [0.1, 0.15) is 23.7 Å². The van der Waals surface area contributed by atoms with Crippen molar-refractivity contribution in [2.24, 2.45) is 11.3 Å².